The van der Waals surface area contributed by atoms with Crippen LogP contribution in [0.25, 0.3) is 0 Å². The molecule has 3 nitrogen and oxygen atoms in total. The van der Waals surface area contributed by atoms with Crippen LogP contribution in [0.15, 0.2) is 12.1 Å². The second-order valence-corrected chi connectivity index (χ2v) is 3.14. The van der Waals surface area contributed by atoms with Crippen molar-refractivity contribution in [2.75, 3.05) is 0 Å². The van der Waals surface area contributed by atoms with Crippen LogP contribution in [0.2, 0.25) is 5.02 Å². The first-order valence-electron chi connectivity index (χ1n) is 3.80. The Morgan fingerprint density at radius 3 is 2.64 bits per heavy atom. The van der Waals surface area contributed by atoms with Crippen molar-refractivity contribution in [3.8, 4) is 6.07 Å². The number of ketones is 1. The van der Waals surface area contributed by atoms with Gasteiger partial charge in [-0.05, 0) is 19.1 Å². The number of halogens is 1. The maximum atomic E-state index is 11.1. The van der Waals surface area contributed by atoms with E-state index in [2.05, 4.69) is 0 Å². The van der Waals surface area contributed by atoms with Crippen molar-refractivity contribution in [2.24, 2.45) is 0 Å². The van der Waals surface area contributed by atoms with E-state index in [9.17, 15) is 9.59 Å². The van der Waals surface area contributed by atoms with Gasteiger partial charge in [-0.15, -0.1) is 0 Å². The van der Waals surface area contributed by atoms with E-state index < -0.39 is 0 Å². The number of rotatable bonds is 2. The lowest BCUT2D eigenvalue weighted by Crippen LogP contribution is -2.01. The van der Waals surface area contributed by atoms with Crippen LogP contribution >= 0.6 is 11.6 Å². The molecular formula is C10H6ClNO2. The highest BCUT2D eigenvalue weighted by molar-refractivity contribution is 6.31. The molecule has 0 N–H and O–H groups in total. The molecule has 0 aliphatic heterocycles. The summed E-state index contributed by atoms with van der Waals surface area (Å²) >= 11 is 5.68. The standard InChI is InChI=1S/C10H6ClNO2/c1-6(14)9-3-8(11)2-7(4-12)10(9)5-13/h2-3,5H,1H3. The molecule has 1 aromatic rings. The summed E-state index contributed by atoms with van der Waals surface area (Å²) < 4.78 is 0. The van der Waals surface area contributed by atoms with E-state index in [0.717, 1.165) is 0 Å². The third-order valence-corrected chi connectivity index (χ3v) is 1.98. The van der Waals surface area contributed by atoms with Gasteiger partial charge in [-0.25, -0.2) is 0 Å². The zero-order valence-corrected chi connectivity index (χ0v) is 8.13. The van der Waals surface area contributed by atoms with Gasteiger partial charge in [0.25, 0.3) is 0 Å². The van der Waals surface area contributed by atoms with Gasteiger partial charge < -0.3 is 0 Å². The molecule has 0 heterocycles. The number of aldehydes is 1. The predicted molar refractivity (Wildman–Crippen MR) is 51.6 cm³/mol. The van der Waals surface area contributed by atoms with Crippen molar-refractivity contribution >= 4 is 23.7 Å². The van der Waals surface area contributed by atoms with Crippen LogP contribution in [0.1, 0.15) is 33.2 Å². The van der Waals surface area contributed by atoms with Gasteiger partial charge in [-0.2, -0.15) is 5.26 Å². The summed E-state index contributed by atoms with van der Waals surface area (Å²) in [6.07, 6.45) is 0.492. The Morgan fingerprint density at radius 1 is 1.57 bits per heavy atom. The highest BCUT2D eigenvalue weighted by atomic mass is 35.5. The van der Waals surface area contributed by atoms with Crippen molar-refractivity contribution in [2.45, 2.75) is 6.92 Å². The van der Waals surface area contributed by atoms with Gasteiger partial charge in [0, 0.05) is 16.1 Å². The van der Waals surface area contributed by atoms with Crippen LogP contribution in [-0.4, -0.2) is 12.1 Å². The molecule has 0 unspecified atom stereocenters. The van der Waals surface area contributed by atoms with Gasteiger partial charge >= 0.3 is 0 Å². The van der Waals surface area contributed by atoms with E-state index in [-0.39, 0.29) is 27.5 Å². The number of carbonyl (C=O) groups excluding carboxylic acids is 2. The van der Waals surface area contributed by atoms with Gasteiger partial charge in [0.05, 0.1) is 11.6 Å². The molecular weight excluding hydrogens is 202 g/mol. The van der Waals surface area contributed by atoms with E-state index in [1.54, 1.807) is 0 Å². The van der Waals surface area contributed by atoms with Crippen LogP contribution in [0, 0.1) is 11.3 Å². The van der Waals surface area contributed by atoms with E-state index >= 15 is 0 Å². The summed E-state index contributed by atoms with van der Waals surface area (Å²) in [5.41, 5.74) is 0.408. The van der Waals surface area contributed by atoms with E-state index in [4.69, 9.17) is 16.9 Å². The lowest BCUT2D eigenvalue weighted by atomic mass is 10.0. The average molecular weight is 208 g/mol. The first-order chi connectivity index (χ1) is 6.60. The molecule has 0 atom stereocenters. The Kier molecular flexibility index (Phi) is 3.00. The molecule has 0 aliphatic carbocycles. The monoisotopic (exact) mass is 207 g/mol. The van der Waals surface area contributed by atoms with Crippen molar-refractivity contribution in [3.05, 3.63) is 33.8 Å². The Bertz CT molecular complexity index is 446. The van der Waals surface area contributed by atoms with Crippen molar-refractivity contribution in [1.29, 1.82) is 5.26 Å². The summed E-state index contributed by atoms with van der Waals surface area (Å²) in [5, 5.41) is 8.98. The molecule has 1 aromatic carbocycles. The lowest BCUT2D eigenvalue weighted by Gasteiger charge is -2.03. The molecule has 0 amide bonds. The molecule has 0 spiro atoms. The average Bonchev–Trinajstić information content (AvgIpc) is 2.16. The number of hydrogen-bond donors (Lipinski definition) is 0. The topological polar surface area (TPSA) is 57.9 Å². The van der Waals surface area contributed by atoms with E-state index in [1.807, 2.05) is 6.07 Å². The zero-order valence-electron chi connectivity index (χ0n) is 7.37. The minimum Gasteiger partial charge on any atom is -0.298 e. The minimum absolute atomic E-state index is 0.101. The van der Waals surface area contributed by atoms with Crippen LogP contribution in [0.5, 0.6) is 0 Å². The molecule has 70 valence electrons. The van der Waals surface area contributed by atoms with Crippen LogP contribution in [-0.2, 0) is 0 Å². The highest BCUT2D eigenvalue weighted by Crippen LogP contribution is 2.19. The summed E-state index contributed by atoms with van der Waals surface area (Å²) in [4.78, 5) is 21.8. The fraction of sp³-hybridized carbons (Fsp3) is 0.100. The first kappa shape index (κ1) is 10.4. The number of nitrogens with zero attached hydrogens (tertiary/aromatic N) is 1. The second kappa shape index (κ2) is 4.03. The van der Waals surface area contributed by atoms with Crippen LogP contribution in [0.4, 0.5) is 0 Å². The third-order valence-electron chi connectivity index (χ3n) is 1.76. The smallest absolute Gasteiger partial charge is 0.160 e. The summed E-state index contributed by atoms with van der Waals surface area (Å²) in [6.45, 7) is 1.32. The summed E-state index contributed by atoms with van der Waals surface area (Å²) in [7, 11) is 0. The first-order valence-corrected chi connectivity index (χ1v) is 4.17. The van der Waals surface area contributed by atoms with Crippen LogP contribution < -0.4 is 0 Å². The fourth-order valence-corrected chi connectivity index (χ4v) is 1.35. The molecule has 0 radical (unpaired) electrons. The van der Waals surface area contributed by atoms with Gasteiger partial charge in [0.15, 0.2) is 12.1 Å². The molecule has 0 aliphatic rings. The molecule has 0 saturated carbocycles. The molecule has 0 aromatic heterocycles. The molecule has 14 heavy (non-hydrogen) atoms. The zero-order chi connectivity index (χ0) is 10.7. The summed E-state index contributed by atoms with van der Waals surface area (Å²) in [5.74, 6) is -0.286. The quantitative estimate of drug-likeness (QED) is 0.552. The number of nitriles is 1. The highest BCUT2D eigenvalue weighted by Gasteiger charge is 2.12. The van der Waals surface area contributed by atoms with Crippen molar-refractivity contribution < 1.29 is 9.59 Å². The fourth-order valence-electron chi connectivity index (χ4n) is 1.13. The number of hydrogen-bond acceptors (Lipinski definition) is 3. The molecule has 0 bridgehead atoms. The lowest BCUT2D eigenvalue weighted by molar-refractivity contribution is 0.100. The second-order valence-electron chi connectivity index (χ2n) is 2.70. The number of benzene rings is 1. The Hall–Kier alpha value is -1.66. The maximum absolute atomic E-state index is 11.1. The Balaban J connectivity index is 3.57. The molecule has 4 heteroatoms. The predicted octanol–water partition coefficient (Wildman–Crippen LogP) is 2.23. The molecule has 1 rings (SSSR count). The van der Waals surface area contributed by atoms with Gasteiger partial charge in [0.2, 0.25) is 0 Å². The largest absolute Gasteiger partial charge is 0.298 e. The number of Topliss-reactive ketones (excluding diaryl/α,β-unsaturated/α-hetero) is 1. The van der Waals surface area contributed by atoms with Crippen LogP contribution in [0.3, 0.4) is 0 Å². The minimum atomic E-state index is -0.286. The SMILES string of the molecule is CC(=O)c1cc(Cl)cc(C#N)c1C=O. The van der Waals surface area contributed by atoms with Gasteiger partial charge in [0.1, 0.15) is 0 Å². The van der Waals surface area contributed by atoms with Gasteiger partial charge in [-0.1, -0.05) is 11.6 Å². The van der Waals surface area contributed by atoms with Gasteiger partial charge in [-0.3, -0.25) is 9.59 Å². The van der Waals surface area contributed by atoms with E-state index in [0.29, 0.717) is 6.29 Å². The Morgan fingerprint density at radius 2 is 2.21 bits per heavy atom. The molecule has 0 fully saturated rings. The van der Waals surface area contributed by atoms with Crippen molar-refractivity contribution in [1.82, 2.24) is 0 Å². The third kappa shape index (κ3) is 1.81. The Labute approximate surface area is 85.9 Å². The summed E-state index contributed by atoms with van der Waals surface area (Å²) in [6, 6.07) is 4.56. The maximum Gasteiger partial charge on any atom is 0.160 e. The number of carbonyl (C=O) groups is 2. The van der Waals surface area contributed by atoms with E-state index in [1.165, 1.54) is 19.1 Å². The normalized spacial score (nSPS) is 9.21. The van der Waals surface area contributed by atoms with Crippen molar-refractivity contribution in [3.63, 3.8) is 0 Å². The molecule has 0 saturated heterocycles.